The zero-order valence-electron chi connectivity index (χ0n) is 16.5. The first-order chi connectivity index (χ1) is 13.6. The van der Waals surface area contributed by atoms with Gasteiger partial charge in [-0.15, -0.1) is 26.3 Å². The number of carbonyl (C=O) groups is 1. The van der Waals surface area contributed by atoms with Crippen molar-refractivity contribution in [3.8, 4) is 0 Å². The SMILES string of the molecule is C=CCN(CC=C)C1(N(CC=C)CC=C)C=CC(C(=O)c2ccccc2)C=C1. The van der Waals surface area contributed by atoms with Gasteiger partial charge in [-0.1, -0.05) is 66.8 Å². The quantitative estimate of drug-likeness (QED) is 0.302. The van der Waals surface area contributed by atoms with Gasteiger partial charge in [0.25, 0.3) is 0 Å². The van der Waals surface area contributed by atoms with Crippen LogP contribution in [-0.2, 0) is 0 Å². The number of carbonyl (C=O) groups excluding carboxylic acids is 1. The van der Waals surface area contributed by atoms with Gasteiger partial charge in [0.1, 0.15) is 5.66 Å². The first-order valence-electron chi connectivity index (χ1n) is 9.54. The Kier molecular flexibility index (Phi) is 8.12. The third-order valence-electron chi connectivity index (χ3n) is 4.87. The predicted molar refractivity (Wildman–Crippen MR) is 119 cm³/mol. The molecule has 0 fully saturated rings. The van der Waals surface area contributed by atoms with Crippen LogP contribution >= 0.6 is 0 Å². The minimum absolute atomic E-state index is 0.0969. The van der Waals surface area contributed by atoms with Gasteiger partial charge in [-0.2, -0.15) is 0 Å². The number of Topliss-reactive ketones (excluding diaryl/α,β-unsaturated/α-hetero) is 1. The van der Waals surface area contributed by atoms with Gasteiger partial charge in [0.05, 0.1) is 5.92 Å². The Morgan fingerprint density at radius 3 is 1.64 bits per heavy atom. The Balaban J connectivity index is 2.40. The number of nitrogens with zero attached hydrogens (tertiary/aromatic N) is 2. The summed E-state index contributed by atoms with van der Waals surface area (Å²) < 4.78 is 0. The average Bonchev–Trinajstić information content (AvgIpc) is 2.74. The molecule has 0 spiro atoms. The Morgan fingerprint density at radius 1 is 0.821 bits per heavy atom. The van der Waals surface area contributed by atoms with Crippen molar-refractivity contribution in [2.45, 2.75) is 5.66 Å². The maximum atomic E-state index is 12.9. The van der Waals surface area contributed by atoms with Crippen molar-refractivity contribution >= 4 is 5.78 Å². The number of hydrogen-bond donors (Lipinski definition) is 0. The molecule has 0 aliphatic heterocycles. The zero-order valence-corrected chi connectivity index (χ0v) is 16.5. The minimum atomic E-state index is -0.502. The molecule has 146 valence electrons. The molecular formula is C25H30N2O. The number of ketones is 1. The van der Waals surface area contributed by atoms with Gasteiger partial charge in [-0.3, -0.25) is 14.6 Å². The second-order valence-corrected chi connectivity index (χ2v) is 6.72. The summed E-state index contributed by atoms with van der Waals surface area (Å²) in [5.74, 6) is -0.182. The second kappa shape index (κ2) is 10.5. The smallest absolute Gasteiger partial charge is 0.173 e. The summed E-state index contributed by atoms with van der Waals surface area (Å²) in [6, 6.07) is 9.41. The lowest BCUT2D eigenvalue weighted by Gasteiger charge is -2.48. The van der Waals surface area contributed by atoms with Crippen molar-refractivity contribution in [1.82, 2.24) is 9.80 Å². The van der Waals surface area contributed by atoms with Crippen LogP contribution in [0.4, 0.5) is 0 Å². The highest BCUT2D eigenvalue weighted by Gasteiger charge is 2.38. The van der Waals surface area contributed by atoms with Crippen LogP contribution in [0, 0.1) is 5.92 Å². The molecular weight excluding hydrogens is 344 g/mol. The summed E-state index contributed by atoms with van der Waals surface area (Å²) in [6.07, 6.45) is 15.7. The van der Waals surface area contributed by atoms with Crippen LogP contribution in [0.5, 0.6) is 0 Å². The third-order valence-corrected chi connectivity index (χ3v) is 4.87. The first kappa shape index (κ1) is 21.5. The van der Waals surface area contributed by atoms with E-state index < -0.39 is 5.66 Å². The van der Waals surface area contributed by atoms with Crippen LogP contribution in [-0.4, -0.2) is 47.4 Å². The van der Waals surface area contributed by atoms with Gasteiger partial charge in [0.2, 0.25) is 0 Å². The summed E-state index contributed by atoms with van der Waals surface area (Å²) in [5, 5.41) is 0. The molecule has 0 unspecified atom stereocenters. The lowest BCUT2D eigenvalue weighted by molar-refractivity contribution is 0.0453. The molecule has 0 atom stereocenters. The van der Waals surface area contributed by atoms with Gasteiger partial charge in [-0.25, -0.2) is 0 Å². The molecule has 1 aliphatic rings. The molecule has 0 saturated carbocycles. The minimum Gasteiger partial charge on any atom is -0.293 e. The summed E-state index contributed by atoms with van der Waals surface area (Å²) in [5.41, 5.74) is 0.218. The monoisotopic (exact) mass is 374 g/mol. The number of hydrogen-bond acceptors (Lipinski definition) is 3. The molecule has 3 heteroatoms. The van der Waals surface area contributed by atoms with Gasteiger partial charge in [-0.05, 0) is 12.2 Å². The largest absolute Gasteiger partial charge is 0.293 e. The fourth-order valence-corrected chi connectivity index (χ4v) is 3.56. The molecule has 1 aromatic rings. The normalized spacial score (nSPS) is 15.5. The van der Waals surface area contributed by atoms with Crippen LogP contribution in [0.1, 0.15) is 10.4 Å². The molecule has 0 aromatic heterocycles. The number of allylic oxidation sites excluding steroid dienone is 2. The van der Waals surface area contributed by atoms with Gasteiger partial charge < -0.3 is 0 Å². The number of benzene rings is 1. The molecule has 0 amide bonds. The van der Waals surface area contributed by atoms with E-state index in [1.807, 2.05) is 66.8 Å². The van der Waals surface area contributed by atoms with E-state index in [1.54, 1.807) is 0 Å². The van der Waals surface area contributed by atoms with E-state index in [2.05, 4.69) is 48.3 Å². The fraction of sp³-hybridized carbons (Fsp3) is 0.240. The highest BCUT2D eigenvalue weighted by Crippen LogP contribution is 2.31. The maximum Gasteiger partial charge on any atom is 0.173 e. The van der Waals surface area contributed by atoms with Crippen LogP contribution in [0.3, 0.4) is 0 Å². The molecule has 3 nitrogen and oxygen atoms in total. The summed E-state index contributed by atoms with van der Waals surface area (Å²) >= 11 is 0. The highest BCUT2D eigenvalue weighted by molar-refractivity contribution is 6.00. The van der Waals surface area contributed by atoms with E-state index in [0.29, 0.717) is 26.2 Å². The molecule has 2 rings (SSSR count). The predicted octanol–water partition coefficient (Wildman–Crippen LogP) is 4.66. The standard InChI is InChI=1S/C25H30N2O/c1-5-18-26(19-6-2)25(27(20-7-3)21-8-4)16-14-23(15-17-25)24(28)22-12-10-9-11-13-22/h5-17,23H,1-4,18-21H2. The Labute approximate surface area is 169 Å². The van der Waals surface area contributed by atoms with E-state index in [4.69, 9.17) is 0 Å². The molecule has 0 bridgehead atoms. The third kappa shape index (κ3) is 4.75. The summed E-state index contributed by atoms with van der Waals surface area (Å²) in [4.78, 5) is 17.4. The highest BCUT2D eigenvalue weighted by atomic mass is 16.1. The fourth-order valence-electron chi connectivity index (χ4n) is 3.56. The summed E-state index contributed by atoms with van der Waals surface area (Å²) in [7, 11) is 0. The molecule has 0 heterocycles. The molecule has 0 saturated heterocycles. The Bertz CT molecular complexity index is 700. The van der Waals surface area contributed by atoms with Crippen LogP contribution in [0.25, 0.3) is 0 Å². The Morgan fingerprint density at radius 2 is 1.25 bits per heavy atom. The van der Waals surface area contributed by atoms with Crippen molar-refractivity contribution in [3.05, 3.63) is 111 Å². The zero-order chi connectivity index (χ0) is 20.4. The van der Waals surface area contributed by atoms with E-state index in [9.17, 15) is 4.79 Å². The molecule has 28 heavy (non-hydrogen) atoms. The maximum absolute atomic E-state index is 12.9. The van der Waals surface area contributed by atoms with Crippen LogP contribution in [0.15, 0.2) is 105 Å². The van der Waals surface area contributed by atoms with Crippen molar-refractivity contribution in [2.75, 3.05) is 26.2 Å². The van der Waals surface area contributed by atoms with E-state index in [0.717, 1.165) is 5.56 Å². The van der Waals surface area contributed by atoms with Crippen LogP contribution < -0.4 is 0 Å². The lowest BCUT2D eigenvalue weighted by Crippen LogP contribution is -2.59. The Hall–Kier alpha value is -2.75. The van der Waals surface area contributed by atoms with Crippen LogP contribution in [0.2, 0.25) is 0 Å². The van der Waals surface area contributed by atoms with Crippen molar-refractivity contribution in [1.29, 1.82) is 0 Å². The lowest BCUT2D eigenvalue weighted by atomic mass is 9.88. The molecule has 1 aromatic carbocycles. The van der Waals surface area contributed by atoms with Gasteiger partial charge in [0, 0.05) is 31.7 Å². The molecule has 1 aliphatic carbocycles. The molecule has 0 radical (unpaired) electrons. The molecule has 0 N–H and O–H groups in total. The van der Waals surface area contributed by atoms with Gasteiger partial charge >= 0.3 is 0 Å². The average molecular weight is 375 g/mol. The topological polar surface area (TPSA) is 23.6 Å². The second-order valence-electron chi connectivity index (χ2n) is 6.72. The van der Waals surface area contributed by atoms with Crippen molar-refractivity contribution in [2.24, 2.45) is 5.92 Å². The van der Waals surface area contributed by atoms with E-state index >= 15 is 0 Å². The van der Waals surface area contributed by atoms with E-state index in [-0.39, 0.29) is 11.7 Å². The van der Waals surface area contributed by atoms with E-state index in [1.165, 1.54) is 0 Å². The first-order valence-corrected chi connectivity index (χ1v) is 9.54. The summed E-state index contributed by atoms with van der Waals surface area (Å²) in [6.45, 7) is 18.4. The van der Waals surface area contributed by atoms with Gasteiger partial charge in [0.15, 0.2) is 5.78 Å². The number of rotatable bonds is 12. The van der Waals surface area contributed by atoms with Crippen molar-refractivity contribution < 1.29 is 4.79 Å². The van der Waals surface area contributed by atoms with Crippen molar-refractivity contribution in [3.63, 3.8) is 0 Å².